The van der Waals surface area contributed by atoms with Gasteiger partial charge in [0.25, 0.3) is 0 Å². The molecule has 0 saturated heterocycles. The van der Waals surface area contributed by atoms with Crippen molar-refractivity contribution < 1.29 is 0 Å². The summed E-state index contributed by atoms with van der Waals surface area (Å²) < 4.78 is 5.16. The lowest BCUT2D eigenvalue weighted by Crippen LogP contribution is -2.45. The maximum absolute atomic E-state index is 2.63. The molecule has 0 unspecified atom stereocenters. The highest BCUT2D eigenvalue weighted by molar-refractivity contribution is 7.99. The van der Waals surface area contributed by atoms with Crippen LogP contribution in [0.5, 0.6) is 0 Å². The van der Waals surface area contributed by atoms with Crippen molar-refractivity contribution in [3.8, 4) is 0 Å². The summed E-state index contributed by atoms with van der Waals surface area (Å²) in [6.45, 7) is 0. The Morgan fingerprint density at radius 3 is 1.00 bits per heavy atom. The van der Waals surface area contributed by atoms with Gasteiger partial charge in [0.1, 0.15) is 10.0 Å². The lowest BCUT2D eigenvalue weighted by atomic mass is 9.55. The van der Waals surface area contributed by atoms with Gasteiger partial charge in [-0.15, -0.1) is 45.3 Å². The van der Waals surface area contributed by atoms with Gasteiger partial charge in [0, 0.05) is 81.1 Å². The zero-order valence-corrected chi connectivity index (χ0v) is 46.5. The molecule has 0 N–H and O–H groups in total. The Labute approximate surface area is 476 Å². The second-order valence-electron chi connectivity index (χ2n) is 20.2. The summed E-state index contributed by atoms with van der Waals surface area (Å²) in [5, 5.41) is 7.51. The predicted octanol–water partition coefficient (Wildman–Crippen LogP) is 21.5. The SMILES string of the molecule is c1ccc(N(c2cc3c(s2)C2(c4ccccc4Sc4ccccc42)c2cc(N(c4ccccc4)c4cccc5sc6ccccc6c45)sc2C32c3ccccc3Sc3ccccc32)c2cccc3sc4ccccc4c23)cc1. The van der Waals surface area contributed by atoms with Crippen molar-refractivity contribution in [1.29, 1.82) is 0 Å². The largest absolute Gasteiger partial charge is 0.301 e. The number of hydrogen-bond acceptors (Lipinski definition) is 8. The van der Waals surface area contributed by atoms with Gasteiger partial charge in [-0.3, -0.25) is 0 Å². The molecule has 0 radical (unpaired) electrons. The molecule has 6 heterocycles. The standard InChI is InChI=1S/C70H42N2S6/c1-3-21-43(22-4-1)71(53-31-19-39-61-65(53)45-25-7-13-33-55(45)73-61)63-41-51-67(77-63)70(49-29-11-17-37-59(49)76-60-38-18-12-30-50(60)70)52-42-64(78-68(52)69(51)47-27-9-15-35-57(47)75-58-36-16-10-28-48(58)69)72(44-23-5-2-6-24-44)54-32-20-40-62-66(54)46-26-8-14-34-56(46)74-62/h1-42H. The summed E-state index contributed by atoms with van der Waals surface area (Å²) >= 11 is 11.5. The molecular formula is C70H42N2S6. The van der Waals surface area contributed by atoms with E-state index >= 15 is 0 Å². The smallest absolute Gasteiger partial charge is 0.101 e. The van der Waals surface area contributed by atoms with E-state index in [0.29, 0.717) is 0 Å². The average Bonchev–Trinajstić information content (AvgIpc) is 4.47. The molecule has 0 bridgehead atoms. The van der Waals surface area contributed by atoms with Crippen molar-refractivity contribution in [2.45, 2.75) is 30.4 Å². The quantitative estimate of drug-likeness (QED) is 0.164. The third-order valence-electron chi connectivity index (χ3n) is 16.2. The highest BCUT2D eigenvalue weighted by Gasteiger charge is 2.60. The van der Waals surface area contributed by atoms with Crippen molar-refractivity contribution >= 4 is 142 Å². The van der Waals surface area contributed by atoms with Crippen molar-refractivity contribution in [2.75, 3.05) is 9.80 Å². The van der Waals surface area contributed by atoms with Crippen molar-refractivity contribution in [2.24, 2.45) is 0 Å². The summed E-state index contributed by atoms with van der Waals surface area (Å²) in [5.74, 6) is 0. The van der Waals surface area contributed by atoms with E-state index in [1.54, 1.807) is 0 Å². The average molecular weight is 1100 g/mol. The molecule has 0 atom stereocenters. The second kappa shape index (κ2) is 17.4. The first-order chi connectivity index (χ1) is 38.7. The molecular weight excluding hydrogens is 1060 g/mol. The maximum Gasteiger partial charge on any atom is 0.101 e. The first-order valence-corrected chi connectivity index (χ1v) is 31.1. The minimum absolute atomic E-state index is 0.715. The van der Waals surface area contributed by atoms with Crippen LogP contribution in [0.3, 0.4) is 0 Å². The highest BCUT2D eigenvalue weighted by Crippen LogP contribution is 2.71. The number of fused-ring (bicyclic) bond motifs is 20. The second-order valence-corrected chi connectivity index (χ2v) is 26.6. The molecule has 10 aromatic carbocycles. The van der Waals surface area contributed by atoms with Gasteiger partial charge < -0.3 is 9.80 Å². The third kappa shape index (κ3) is 6.27. The maximum atomic E-state index is 2.63. The Morgan fingerprint density at radius 1 is 0.269 bits per heavy atom. The van der Waals surface area contributed by atoms with Crippen LogP contribution in [0.1, 0.15) is 43.1 Å². The van der Waals surface area contributed by atoms with E-state index in [0.717, 1.165) is 11.4 Å². The molecule has 4 aromatic heterocycles. The number of anilines is 6. The van der Waals surface area contributed by atoms with Crippen LogP contribution in [0.2, 0.25) is 0 Å². The first kappa shape index (κ1) is 45.4. The molecule has 368 valence electrons. The highest BCUT2D eigenvalue weighted by atomic mass is 32.2. The molecule has 78 heavy (non-hydrogen) atoms. The lowest BCUT2D eigenvalue weighted by molar-refractivity contribution is 0.609. The molecule has 8 heteroatoms. The first-order valence-electron chi connectivity index (χ1n) is 26.2. The van der Waals surface area contributed by atoms with Crippen LogP contribution in [-0.2, 0) is 10.8 Å². The molecule has 0 fully saturated rings. The number of thiophene rings is 4. The molecule has 1 aliphatic carbocycles. The van der Waals surface area contributed by atoms with Crippen molar-refractivity contribution in [3.63, 3.8) is 0 Å². The monoisotopic (exact) mass is 1100 g/mol. The third-order valence-corrected chi connectivity index (χ3v) is 23.3. The van der Waals surface area contributed by atoms with E-state index in [9.17, 15) is 0 Å². The number of benzene rings is 10. The predicted molar refractivity (Wildman–Crippen MR) is 336 cm³/mol. The number of nitrogens with zero attached hydrogens (tertiary/aromatic N) is 2. The van der Waals surface area contributed by atoms with E-state index in [1.165, 1.54) is 124 Å². The molecule has 3 aliphatic rings. The van der Waals surface area contributed by atoms with Crippen LogP contribution in [0, 0.1) is 0 Å². The van der Waals surface area contributed by atoms with E-state index < -0.39 is 10.8 Å². The van der Waals surface area contributed by atoms with E-state index in [2.05, 4.69) is 265 Å². The Balaban J connectivity index is 1.05. The van der Waals surface area contributed by atoms with Crippen LogP contribution in [0.4, 0.5) is 32.8 Å². The van der Waals surface area contributed by atoms with Gasteiger partial charge in [-0.25, -0.2) is 0 Å². The summed E-state index contributed by atoms with van der Waals surface area (Å²) in [7, 11) is 0. The van der Waals surface area contributed by atoms with Crippen LogP contribution in [0.25, 0.3) is 40.3 Å². The van der Waals surface area contributed by atoms with E-state index in [1.807, 2.05) is 68.9 Å². The Kier molecular flexibility index (Phi) is 10.1. The molecule has 17 rings (SSSR count). The topological polar surface area (TPSA) is 6.48 Å². The summed E-state index contributed by atoms with van der Waals surface area (Å²) in [6.07, 6.45) is 0. The van der Waals surface area contributed by atoms with Gasteiger partial charge in [-0.1, -0.05) is 181 Å². The Morgan fingerprint density at radius 2 is 0.603 bits per heavy atom. The van der Waals surface area contributed by atoms with Crippen molar-refractivity contribution in [3.05, 3.63) is 298 Å². The lowest BCUT2D eigenvalue weighted by Gasteiger charge is -2.51. The van der Waals surface area contributed by atoms with Gasteiger partial charge >= 0.3 is 0 Å². The van der Waals surface area contributed by atoms with Crippen LogP contribution in [-0.4, -0.2) is 0 Å². The Bertz CT molecular complexity index is 4300. The summed E-state index contributed by atoms with van der Waals surface area (Å²) in [5.41, 5.74) is 11.2. The molecule has 14 aromatic rings. The summed E-state index contributed by atoms with van der Waals surface area (Å²) in [4.78, 5) is 13.0. The number of hydrogen-bond donors (Lipinski definition) is 0. The fourth-order valence-corrected chi connectivity index (χ4v) is 20.8. The van der Waals surface area contributed by atoms with Crippen LogP contribution in [0.15, 0.2) is 274 Å². The van der Waals surface area contributed by atoms with Gasteiger partial charge in [-0.2, -0.15) is 0 Å². The van der Waals surface area contributed by atoms with Gasteiger partial charge in [0.15, 0.2) is 0 Å². The zero-order valence-electron chi connectivity index (χ0n) is 41.6. The molecule has 0 saturated carbocycles. The normalized spacial score (nSPS) is 14.3. The molecule has 2 aliphatic heterocycles. The minimum atomic E-state index is -0.715. The van der Waals surface area contributed by atoms with E-state index in [-0.39, 0.29) is 0 Å². The number of para-hydroxylation sites is 2. The minimum Gasteiger partial charge on any atom is -0.301 e. The Hall–Kier alpha value is -7.66. The van der Waals surface area contributed by atoms with Crippen LogP contribution >= 0.6 is 68.9 Å². The van der Waals surface area contributed by atoms with Gasteiger partial charge in [0.05, 0.1) is 22.2 Å². The molecule has 2 nitrogen and oxygen atoms in total. The van der Waals surface area contributed by atoms with Gasteiger partial charge in [-0.05, 0) is 130 Å². The number of rotatable bonds is 6. The molecule has 0 amide bonds. The van der Waals surface area contributed by atoms with Crippen LogP contribution < -0.4 is 9.80 Å². The summed E-state index contributed by atoms with van der Waals surface area (Å²) in [6, 6.07) is 96.4. The zero-order chi connectivity index (χ0) is 51.1. The van der Waals surface area contributed by atoms with Gasteiger partial charge in [0.2, 0.25) is 0 Å². The molecule has 2 spiro atoms. The van der Waals surface area contributed by atoms with Crippen molar-refractivity contribution in [1.82, 2.24) is 0 Å². The fourth-order valence-electron chi connectivity index (χ4n) is 13.2. The fraction of sp³-hybridized carbons (Fsp3) is 0.0286. The van der Waals surface area contributed by atoms with E-state index in [4.69, 9.17) is 0 Å².